The van der Waals surface area contributed by atoms with Crippen molar-refractivity contribution in [3.63, 3.8) is 0 Å². The highest BCUT2D eigenvalue weighted by atomic mass is 16.3. The summed E-state index contributed by atoms with van der Waals surface area (Å²) in [4.78, 5) is 0. The monoisotopic (exact) mass is 183 g/mol. The lowest BCUT2D eigenvalue weighted by atomic mass is 9.75. The van der Waals surface area contributed by atoms with Crippen LogP contribution in [0.25, 0.3) is 0 Å². The highest BCUT2D eigenvalue weighted by Gasteiger charge is 2.38. The summed E-state index contributed by atoms with van der Waals surface area (Å²) >= 11 is 0. The van der Waals surface area contributed by atoms with Gasteiger partial charge in [0.15, 0.2) is 0 Å². The Morgan fingerprint density at radius 3 is 2.15 bits per heavy atom. The average molecular weight is 183 g/mol. The first-order chi connectivity index (χ1) is 5.75. The number of aliphatic hydroxyl groups is 1. The Labute approximate surface area is 78.6 Å². The average Bonchev–Trinajstić information content (AvgIpc) is 2.33. The van der Waals surface area contributed by atoms with Crippen LogP contribution in [-0.4, -0.2) is 25.7 Å². The molecular weight excluding hydrogens is 166 g/mol. The van der Waals surface area contributed by atoms with Crippen molar-refractivity contribution < 1.29 is 5.11 Å². The quantitative estimate of drug-likeness (QED) is 0.740. The Kier molecular flexibility index (Phi) is 2.20. The summed E-state index contributed by atoms with van der Waals surface area (Å²) in [5, 5.41) is 17.8. The number of aromatic nitrogens is 3. The number of hydrogen-bond donors (Lipinski definition) is 1. The summed E-state index contributed by atoms with van der Waals surface area (Å²) in [6.45, 7) is 7.47. The van der Waals surface area contributed by atoms with E-state index in [2.05, 4.69) is 10.3 Å². The summed E-state index contributed by atoms with van der Waals surface area (Å²) in [6, 6.07) is 0. The minimum atomic E-state index is -0.803. The molecule has 0 aliphatic heterocycles. The number of rotatable bonds is 2. The van der Waals surface area contributed by atoms with Crippen LogP contribution in [0.1, 0.15) is 33.4 Å². The van der Waals surface area contributed by atoms with Gasteiger partial charge in [0.1, 0.15) is 0 Å². The Morgan fingerprint density at radius 2 is 1.85 bits per heavy atom. The van der Waals surface area contributed by atoms with Crippen LogP contribution in [0.4, 0.5) is 0 Å². The van der Waals surface area contributed by atoms with Crippen LogP contribution in [0.2, 0.25) is 0 Å². The van der Waals surface area contributed by atoms with Gasteiger partial charge in [0.25, 0.3) is 0 Å². The van der Waals surface area contributed by atoms with Crippen molar-refractivity contribution >= 4 is 0 Å². The van der Waals surface area contributed by atoms with E-state index < -0.39 is 5.60 Å². The molecule has 4 heteroatoms. The molecule has 0 bridgehead atoms. The third kappa shape index (κ3) is 1.72. The van der Waals surface area contributed by atoms with Crippen molar-refractivity contribution in [2.24, 2.45) is 7.05 Å². The molecule has 0 aromatic carbocycles. The zero-order valence-corrected chi connectivity index (χ0v) is 8.87. The summed E-state index contributed by atoms with van der Waals surface area (Å²) in [6.07, 6.45) is 1.83. The van der Waals surface area contributed by atoms with Crippen molar-refractivity contribution in [1.82, 2.24) is 15.0 Å². The lowest BCUT2D eigenvalue weighted by molar-refractivity contribution is 0.00771. The van der Waals surface area contributed by atoms with E-state index in [-0.39, 0.29) is 5.41 Å². The molecule has 1 rings (SSSR count). The molecule has 0 unspecified atom stereocenters. The van der Waals surface area contributed by atoms with Gasteiger partial charge in [-0.05, 0) is 13.8 Å². The lowest BCUT2D eigenvalue weighted by Crippen LogP contribution is -2.42. The van der Waals surface area contributed by atoms with E-state index in [1.165, 1.54) is 0 Å². The standard InChI is InChI=1S/C9H17N3O/c1-8(2,9(3,4)13)7-6-12(5)11-10-7/h6,13H,1-5H3. The van der Waals surface area contributed by atoms with E-state index >= 15 is 0 Å². The predicted molar refractivity (Wildman–Crippen MR) is 50.3 cm³/mol. The van der Waals surface area contributed by atoms with E-state index in [4.69, 9.17) is 0 Å². The van der Waals surface area contributed by atoms with Crippen LogP contribution in [0.15, 0.2) is 6.20 Å². The normalized spacial score (nSPS) is 13.4. The van der Waals surface area contributed by atoms with Gasteiger partial charge in [-0.15, -0.1) is 5.10 Å². The zero-order valence-electron chi connectivity index (χ0n) is 8.87. The van der Waals surface area contributed by atoms with Gasteiger partial charge < -0.3 is 5.11 Å². The van der Waals surface area contributed by atoms with Crippen LogP contribution in [0, 0.1) is 0 Å². The van der Waals surface area contributed by atoms with Gasteiger partial charge in [0.05, 0.1) is 11.3 Å². The molecular formula is C9H17N3O. The molecule has 13 heavy (non-hydrogen) atoms. The van der Waals surface area contributed by atoms with E-state index in [1.54, 1.807) is 18.5 Å². The van der Waals surface area contributed by atoms with Crippen LogP contribution < -0.4 is 0 Å². The highest BCUT2D eigenvalue weighted by molar-refractivity contribution is 5.14. The fraction of sp³-hybridized carbons (Fsp3) is 0.778. The lowest BCUT2D eigenvalue weighted by Gasteiger charge is -2.35. The van der Waals surface area contributed by atoms with Crippen molar-refractivity contribution in [3.05, 3.63) is 11.9 Å². The second-order valence-corrected chi connectivity index (χ2v) is 4.46. The Morgan fingerprint density at radius 1 is 1.31 bits per heavy atom. The van der Waals surface area contributed by atoms with Gasteiger partial charge in [-0.1, -0.05) is 19.1 Å². The number of aryl methyl sites for hydroxylation is 1. The first-order valence-corrected chi connectivity index (χ1v) is 4.34. The molecule has 1 aromatic heterocycles. The minimum Gasteiger partial charge on any atom is -0.390 e. The Hall–Kier alpha value is -0.900. The van der Waals surface area contributed by atoms with Crippen LogP contribution >= 0.6 is 0 Å². The van der Waals surface area contributed by atoms with Crippen LogP contribution in [-0.2, 0) is 12.5 Å². The molecule has 0 atom stereocenters. The van der Waals surface area contributed by atoms with Gasteiger partial charge in [-0.2, -0.15) is 0 Å². The molecule has 4 nitrogen and oxygen atoms in total. The van der Waals surface area contributed by atoms with Crippen molar-refractivity contribution in [2.45, 2.75) is 38.7 Å². The number of nitrogens with zero attached hydrogens (tertiary/aromatic N) is 3. The summed E-state index contributed by atoms with van der Waals surface area (Å²) in [5.74, 6) is 0. The molecule has 0 spiro atoms. The topological polar surface area (TPSA) is 50.9 Å². The molecule has 0 radical (unpaired) electrons. The fourth-order valence-corrected chi connectivity index (χ4v) is 0.947. The third-order valence-electron chi connectivity index (χ3n) is 2.77. The van der Waals surface area contributed by atoms with Gasteiger partial charge in [-0.3, -0.25) is 4.68 Å². The highest BCUT2D eigenvalue weighted by Crippen LogP contribution is 2.32. The van der Waals surface area contributed by atoms with Crippen LogP contribution in [0.5, 0.6) is 0 Å². The van der Waals surface area contributed by atoms with Crippen molar-refractivity contribution in [2.75, 3.05) is 0 Å². The third-order valence-corrected chi connectivity index (χ3v) is 2.77. The molecule has 0 saturated carbocycles. The van der Waals surface area contributed by atoms with Gasteiger partial charge >= 0.3 is 0 Å². The van der Waals surface area contributed by atoms with E-state index in [9.17, 15) is 5.11 Å². The minimum absolute atomic E-state index is 0.388. The molecule has 0 amide bonds. The van der Waals surface area contributed by atoms with E-state index in [1.807, 2.05) is 27.1 Å². The molecule has 0 aliphatic rings. The van der Waals surface area contributed by atoms with Crippen molar-refractivity contribution in [3.8, 4) is 0 Å². The maximum Gasteiger partial charge on any atom is 0.0911 e. The maximum atomic E-state index is 9.93. The van der Waals surface area contributed by atoms with E-state index in [0.717, 1.165) is 5.69 Å². The van der Waals surface area contributed by atoms with Gasteiger partial charge in [0, 0.05) is 18.7 Å². The summed E-state index contributed by atoms with van der Waals surface area (Å²) < 4.78 is 1.64. The van der Waals surface area contributed by atoms with Crippen LogP contribution in [0.3, 0.4) is 0 Å². The maximum absolute atomic E-state index is 9.93. The second-order valence-electron chi connectivity index (χ2n) is 4.46. The molecule has 1 heterocycles. The number of hydrogen-bond acceptors (Lipinski definition) is 3. The molecule has 1 N–H and O–H groups in total. The largest absolute Gasteiger partial charge is 0.390 e. The first kappa shape index (κ1) is 10.2. The molecule has 1 aromatic rings. The van der Waals surface area contributed by atoms with Gasteiger partial charge in [-0.25, -0.2) is 0 Å². The molecule has 74 valence electrons. The first-order valence-electron chi connectivity index (χ1n) is 4.34. The summed E-state index contributed by atoms with van der Waals surface area (Å²) in [7, 11) is 1.82. The summed E-state index contributed by atoms with van der Waals surface area (Å²) in [5.41, 5.74) is -0.382. The Bertz CT molecular complexity index is 296. The smallest absolute Gasteiger partial charge is 0.0911 e. The molecule has 0 saturated heterocycles. The fourth-order valence-electron chi connectivity index (χ4n) is 0.947. The van der Waals surface area contributed by atoms with Crippen molar-refractivity contribution in [1.29, 1.82) is 0 Å². The molecule has 0 fully saturated rings. The van der Waals surface area contributed by atoms with Gasteiger partial charge in [0.2, 0.25) is 0 Å². The zero-order chi connectivity index (χ0) is 10.3. The van der Waals surface area contributed by atoms with E-state index in [0.29, 0.717) is 0 Å². The predicted octanol–water partition coefficient (Wildman–Crippen LogP) is 0.864. The molecule has 0 aliphatic carbocycles. The second kappa shape index (κ2) is 2.80. The SMILES string of the molecule is Cn1cc(C(C)(C)C(C)(C)O)nn1. The Balaban J connectivity index is 3.07.